The highest BCUT2D eigenvalue weighted by Gasteiger charge is 2.14. The van der Waals surface area contributed by atoms with Gasteiger partial charge in [0.2, 0.25) is 0 Å². The van der Waals surface area contributed by atoms with Gasteiger partial charge in [-0.15, -0.1) is 0 Å². The zero-order valence-electron chi connectivity index (χ0n) is 17.6. The maximum atomic E-state index is 12.2. The van der Waals surface area contributed by atoms with Gasteiger partial charge in [0.05, 0.1) is 34.8 Å². The number of ether oxygens (including phenoxy) is 2. The van der Waals surface area contributed by atoms with E-state index < -0.39 is 24.5 Å². The Bertz CT molecular complexity index is 1140. The third kappa shape index (κ3) is 5.44. The van der Waals surface area contributed by atoms with E-state index in [1.807, 2.05) is 6.92 Å². The first-order valence-electron chi connectivity index (χ1n) is 9.52. The third-order valence-corrected chi connectivity index (χ3v) is 5.03. The van der Waals surface area contributed by atoms with Gasteiger partial charge in [-0.1, -0.05) is 11.6 Å². The van der Waals surface area contributed by atoms with Crippen molar-refractivity contribution in [3.05, 3.63) is 70.5 Å². The number of halogens is 1. The summed E-state index contributed by atoms with van der Waals surface area (Å²) in [5.74, 6) is -0.836. The van der Waals surface area contributed by atoms with E-state index in [1.165, 1.54) is 7.11 Å². The Morgan fingerprint density at radius 3 is 2.25 bits per heavy atom. The maximum absolute atomic E-state index is 12.2. The van der Waals surface area contributed by atoms with Crippen molar-refractivity contribution in [1.29, 1.82) is 0 Å². The number of esters is 1. The predicted octanol–water partition coefficient (Wildman–Crippen LogP) is 3.66. The Morgan fingerprint density at radius 1 is 1.03 bits per heavy atom. The van der Waals surface area contributed by atoms with Crippen molar-refractivity contribution in [3.8, 4) is 11.4 Å². The first kappa shape index (κ1) is 22.8. The van der Waals surface area contributed by atoms with Crippen molar-refractivity contribution in [2.24, 2.45) is 0 Å². The summed E-state index contributed by atoms with van der Waals surface area (Å²) in [5.41, 5.74) is 2.93. The van der Waals surface area contributed by atoms with Crippen LogP contribution in [0.1, 0.15) is 21.7 Å². The second-order valence-corrected chi connectivity index (χ2v) is 7.13. The molecule has 32 heavy (non-hydrogen) atoms. The molecule has 166 valence electrons. The molecule has 0 spiro atoms. The number of urea groups is 1. The Morgan fingerprint density at radius 2 is 1.69 bits per heavy atom. The van der Waals surface area contributed by atoms with E-state index >= 15 is 0 Å². The topological polar surface area (TPSA) is 112 Å². The van der Waals surface area contributed by atoms with Crippen LogP contribution in [0.25, 0.3) is 5.69 Å². The first-order chi connectivity index (χ1) is 15.3. The molecule has 9 nitrogen and oxygen atoms in total. The van der Waals surface area contributed by atoms with Crippen LogP contribution in [0.4, 0.5) is 10.5 Å². The molecule has 0 fully saturated rings. The van der Waals surface area contributed by atoms with Gasteiger partial charge in [0.15, 0.2) is 6.61 Å². The van der Waals surface area contributed by atoms with Crippen LogP contribution in [0.15, 0.2) is 48.5 Å². The van der Waals surface area contributed by atoms with Crippen LogP contribution in [-0.2, 0) is 9.53 Å². The van der Waals surface area contributed by atoms with E-state index in [0.29, 0.717) is 22.2 Å². The predicted molar refractivity (Wildman–Crippen MR) is 118 cm³/mol. The number of aromatic nitrogens is 2. The lowest BCUT2D eigenvalue weighted by atomic mass is 10.2. The molecule has 10 heteroatoms. The van der Waals surface area contributed by atoms with E-state index in [4.69, 9.17) is 21.1 Å². The number of carbonyl (C=O) groups excluding carboxylic acids is 3. The third-order valence-electron chi connectivity index (χ3n) is 4.49. The van der Waals surface area contributed by atoms with Crippen molar-refractivity contribution in [2.45, 2.75) is 13.8 Å². The number of methoxy groups -OCH3 is 1. The Balaban J connectivity index is 1.50. The average molecular weight is 457 g/mol. The molecule has 3 amide bonds. The van der Waals surface area contributed by atoms with Gasteiger partial charge in [-0.3, -0.25) is 10.1 Å². The molecule has 0 radical (unpaired) electrons. The van der Waals surface area contributed by atoms with Crippen molar-refractivity contribution in [2.75, 3.05) is 19.0 Å². The summed E-state index contributed by atoms with van der Waals surface area (Å²) in [6.07, 6.45) is 0. The number of imide groups is 1. The van der Waals surface area contributed by atoms with Gasteiger partial charge in [0.1, 0.15) is 5.75 Å². The van der Waals surface area contributed by atoms with Crippen LogP contribution in [0, 0.1) is 13.8 Å². The van der Waals surface area contributed by atoms with Crippen molar-refractivity contribution in [3.63, 3.8) is 0 Å². The fourth-order valence-electron chi connectivity index (χ4n) is 2.83. The molecule has 2 aromatic carbocycles. The van der Waals surface area contributed by atoms with Crippen LogP contribution in [-0.4, -0.2) is 41.4 Å². The Hall–Kier alpha value is -3.85. The van der Waals surface area contributed by atoms with Gasteiger partial charge in [0, 0.05) is 5.69 Å². The summed E-state index contributed by atoms with van der Waals surface area (Å²) in [5, 5.41) is 9.51. The molecular formula is C22H21ClN4O5. The smallest absolute Gasteiger partial charge is 0.338 e. The van der Waals surface area contributed by atoms with Crippen molar-refractivity contribution >= 4 is 35.2 Å². The molecule has 0 saturated heterocycles. The highest BCUT2D eigenvalue weighted by molar-refractivity contribution is 6.31. The van der Waals surface area contributed by atoms with E-state index in [-0.39, 0.29) is 5.56 Å². The number of hydrogen-bond donors (Lipinski definition) is 2. The molecule has 0 aliphatic rings. The number of aryl methyl sites for hydroxylation is 1. The molecule has 2 N–H and O–H groups in total. The summed E-state index contributed by atoms with van der Waals surface area (Å²) in [6.45, 7) is 3.04. The fraction of sp³-hybridized carbons (Fsp3) is 0.182. The minimum absolute atomic E-state index is 0.247. The normalized spacial score (nSPS) is 10.4. The highest BCUT2D eigenvalue weighted by Crippen LogP contribution is 2.22. The molecule has 0 unspecified atom stereocenters. The number of rotatable bonds is 6. The molecule has 0 aliphatic heterocycles. The molecular weight excluding hydrogens is 436 g/mol. The number of nitrogens with zero attached hydrogens (tertiary/aromatic N) is 2. The quantitative estimate of drug-likeness (QED) is 0.547. The molecule has 1 aromatic heterocycles. The molecule has 0 aliphatic carbocycles. The lowest BCUT2D eigenvalue weighted by molar-refractivity contribution is -0.123. The second-order valence-electron chi connectivity index (χ2n) is 6.75. The standard InChI is InChI=1S/C22H21ClN4O5/c1-13-20(23)14(2)27(26-13)17-8-4-15(5-9-17)21(29)32-12-19(28)25-22(30)24-16-6-10-18(31-3)11-7-16/h4-11H,12H2,1-3H3,(H2,24,25,28,30). The lowest BCUT2D eigenvalue weighted by Gasteiger charge is -2.09. The van der Waals surface area contributed by atoms with Crippen LogP contribution in [0.3, 0.4) is 0 Å². The van der Waals surface area contributed by atoms with Crippen molar-refractivity contribution < 1.29 is 23.9 Å². The SMILES string of the molecule is COc1ccc(NC(=O)NC(=O)COC(=O)c2ccc(-n3nc(C)c(Cl)c3C)cc2)cc1. The average Bonchev–Trinajstić information content (AvgIpc) is 3.05. The van der Waals surface area contributed by atoms with Crippen LogP contribution >= 0.6 is 11.6 Å². The van der Waals surface area contributed by atoms with Gasteiger partial charge < -0.3 is 14.8 Å². The highest BCUT2D eigenvalue weighted by atomic mass is 35.5. The zero-order chi connectivity index (χ0) is 23.3. The van der Waals surface area contributed by atoms with Gasteiger partial charge in [-0.05, 0) is 62.4 Å². The first-order valence-corrected chi connectivity index (χ1v) is 9.90. The molecule has 3 rings (SSSR count). The minimum atomic E-state index is -0.765. The summed E-state index contributed by atoms with van der Waals surface area (Å²) in [4.78, 5) is 36.0. The lowest BCUT2D eigenvalue weighted by Crippen LogP contribution is -2.37. The second kappa shape index (κ2) is 9.97. The number of amides is 3. The molecule has 0 atom stereocenters. The van der Waals surface area contributed by atoms with Crippen molar-refractivity contribution in [1.82, 2.24) is 15.1 Å². The maximum Gasteiger partial charge on any atom is 0.338 e. The summed E-state index contributed by atoms with van der Waals surface area (Å²) in [6, 6.07) is 12.3. The number of nitrogens with one attached hydrogen (secondary N) is 2. The summed E-state index contributed by atoms with van der Waals surface area (Å²) < 4.78 is 11.7. The largest absolute Gasteiger partial charge is 0.497 e. The number of benzene rings is 2. The van der Waals surface area contributed by atoms with Gasteiger partial charge >= 0.3 is 12.0 Å². The summed E-state index contributed by atoms with van der Waals surface area (Å²) >= 11 is 6.17. The van der Waals surface area contributed by atoms with E-state index in [9.17, 15) is 14.4 Å². The number of hydrogen-bond acceptors (Lipinski definition) is 6. The number of carbonyl (C=O) groups is 3. The fourth-order valence-corrected chi connectivity index (χ4v) is 2.95. The van der Waals surface area contributed by atoms with E-state index in [2.05, 4.69) is 15.7 Å². The van der Waals surface area contributed by atoms with Crippen LogP contribution in [0.5, 0.6) is 5.75 Å². The molecule has 0 saturated carbocycles. The Kier molecular flexibility index (Phi) is 7.11. The Labute approximate surface area is 189 Å². The van der Waals surface area contributed by atoms with E-state index in [1.54, 1.807) is 60.1 Å². The van der Waals surface area contributed by atoms with Gasteiger partial charge in [0.25, 0.3) is 5.91 Å². The van der Waals surface area contributed by atoms with Gasteiger partial charge in [-0.2, -0.15) is 5.10 Å². The van der Waals surface area contributed by atoms with Crippen LogP contribution in [0.2, 0.25) is 5.02 Å². The zero-order valence-corrected chi connectivity index (χ0v) is 18.4. The van der Waals surface area contributed by atoms with E-state index in [0.717, 1.165) is 11.4 Å². The van der Waals surface area contributed by atoms with Crippen LogP contribution < -0.4 is 15.4 Å². The molecule has 1 heterocycles. The minimum Gasteiger partial charge on any atom is -0.497 e. The monoisotopic (exact) mass is 456 g/mol. The van der Waals surface area contributed by atoms with Gasteiger partial charge in [-0.25, -0.2) is 14.3 Å². The molecule has 0 bridgehead atoms. The summed E-state index contributed by atoms with van der Waals surface area (Å²) in [7, 11) is 1.53. The molecule has 3 aromatic rings. The number of anilines is 1.